The second kappa shape index (κ2) is 6.74. The minimum Gasteiger partial charge on any atom is -0.399 e. The van der Waals surface area contributed by atoms with E-state index in [0.717, 1.165) is 25.2 Å². The van der Waals surface area contributed by atoms with Crippen LogP contribution in [0.3, 0.4) is 0 Å². The lowest BCUT2D eigenvalue weighted by Crippen LogP contribution is -2.23. The summed E-state index contributed by atoms with van der Waals surface area (Å²) >= 11 is 0. The Morgan fingerprint density at radius 2 is 2.24 bits per heavy atom. The molecule has 0 atom stereocenters. The molecule has 0 fully saturated rings. The van der Waals surface area contributed by atoms with Gasteiger partial charge in [-0.25, -0.2) is 0 Å². The highest BCUT2D eigenvalue weighted by molar-refractivity contribution is 5.99. The second-order valence-electron chi connectivity index (χ2n) is 4.95. The first-order valence-electron chi connectivity index (χ1n) is 6.77. The monoisotopic (exact) mass is 288 g/mol. The smallest absolute Gasteiger partial charge is 0.255 e. The van der Waals surface area contributed by atoms with E-state index in [2.05, 4.69) is 15.6 Å². The zero-order valence-corrected chi connectivity index (χ0v) is 12.3. The van der Waals surface area contributed by atoms with Gasteiger partial charge in [0.15, 0.2) is 0 Å². The van der Waals surface area contributed by atoms with Gasteiger partial charge >= 0.3 is 0 Å². The molecule has 7 heteroatoms. The van der Waals surface area contributed by atoms with E-state index < -0.39 is 0 Å². The van der Waals surface area contributed by atoms with Crippen molar-refractivity contribution in [3.63, 3.8) is 0 Å². The van der Waals surface area contributed by atoms with Crippen LogP contribution in [0.1, 0.15) is 16.8 Å². The van der Waals surface area contributed by atoms with Gasteiger partial charge in [-0.15, -0.1) is 5.10 Å². The van der Waals surface area contributed by atoms with Crippen molar-refractivity contribution < 1.29 is 4.79 Å². The average Bonchev–Trinajstić information content (AvgIpc) is 2.96. The molecule has 112 valence electrons. The van der Waals surface area contributed by atoms with Crippen LogP contribution in [0.25, 0.3) is 0 Å². The van der Waals surface area contributed by atoms with Gasteiger partial charge in [0.1, 0.15) is 0 Å². The Hall–Kier alpha value is -2.57. The van der Waals surface area contributed by atoms with Crippen LogP contribution >= 0.6 is 0 Å². The topological polar surface area (TPSA) is 89.1 Å². The molecule has 7 nitrogen and oxygen atoms in total. The first kappa shape index (κ1) is 14.8. The van der Waals surface area contributed by atoms with Gasteiger partial charge in [0.2, 0.25) is 0 Å². The molecule has 0 aliphatic carbocycles. The summed E-state index contributed by atoms with van der Waals surface area (Å²) in [6, 6.07) is 5.26. The Bertz CT molecular complexity index is 594. The maximum Gasteiger partial charge on any atom is 0.255 e. The molecule has 0 saturated heterocycles. The molecule has 0 aliphatic heterocycles. The zero-order chi connectivity index (χ0) is 15.2. The van der Waals surface area contributed by atoms with Crippen LogP contribution in [0.5, 0.6) is 0 Å². The highest BCUT2D eigenvalue weighted by Gasteiger charge is 2.13. The van der Waals surface area contributed by atoms with Gasteiger partial charge < -0.3 is 16.0 Å². The lowest BCUT2D eigenvalue weighted by atomic mass is 10.1. The summed E-state index contributed by atoms with van der Waals surface area (Å²) in [6.45, 7) is 1.49. The van der Waals surface area contributed by atoms with Gasteiger partial charge in [0, 0.05) is 44.8 Å². The number of nitrogens with one attached hydrogen (secondary N) is 1. The van der Waals surface area contributed by atoms with Crippen molar-refractivity contribution in [1.29, 1.82) is 0 Å². The molecule has 2 rings (SSSR count). The molecular weight excluding hydrogens is 268 g/mol. The van der Waals surface area contributed by atoms with Crippen molar-refractivity contribution in [2.75, 3.05) is 31.7 Å². The van der Waals surface area contributed by atoms with Crippen LogP contribution in [0.15, 0.2) is 30.6 Å². The van der Waals surface area contributed by atoms with Gasteiger partial charge in [-0.1, -0.05) is 5.21 Å². The SMILES string of the molecule is CN(C)C(=O)c1ccc(N)cc1NCCCn1ccnn1. The van der Waals surface area contributed by atoms with Crippen LogP contribution in [-0.2, 0) is 6.54 Å². The predicted molar refractivity (Wildman–Crippen MR) is 82.0 cm³/mol. The van der Waals surface area contributed by atoms with Crippen LogP contribution in [0.4, 0.5) is 11.4 Å². The molecule has 0 unspecified atom stereocenters. The van der Waals surface area contributed by atoms with Gasteiger partial charge in [-0.3, -0.25) is 9.48 Å². The first-order chi connectivity index (χ1) is 10.1. The molecule has 1 aromatic heterocycles. The molecule has 2 aromatic rings. The Balaban J connectivity index is 1.98. The summed E-state index contributed by atoms with van der Waals surface area (Å²) in [5.74, 6) is -0.0474. The van der Waals surface area contributed by atoms with E-state index in [9.17, 15) is 4.79 Å². The molecule has 0 aliphatic rings. The number of carbonyl (C=O) groups is 1. The van der Waals surface area contributed by atoms with Gasteiger partial charge in [0.05, 0.1) is 11.8 Å². The van der Waals surface area contributed by atoms with Crippen LogP contribution in [-0.4, -0.2) is 46.4 Å². The quantitative estimate of drug-likeness (QED) is 0.613. The minimum atomic E-state index is -0.0474. The highest BCUT2D eigenvalue weighted by atomic mass is 16.2. The van der Waals surface area contributed by atoms with Crippen molar-refractivity contribution >= 4 is 17.3 Å². The number of nitrogens with two attached hydrogens (primary N) is 1. The maximum absolute atomic E-state index is 12.1. The van der Waals surface area contributed by atoms with Crippen molar-refractivity contribution in [2.45, 2.75) is 13.0 Å². The number of rotatable bonds is 6. The number of benzene rings is 1. The Morgan fingerprint density at radius 3 is 2.90 bits per heavy atom. The number of amides is 1. The standard InChI is InChI=1S/C14H20N6O/c1-19(2)14(21)12-5-4-11(15)10-13(12)16-6-3-8-20-9-7-17-18-20/h4-5,7,9-10,16H,3,6,8,15H2,1-2H3. The molecule has 0 radical (unpaired) electrons. The Labute approximate surface area is 123 Å². The van der Waals surface area contributed by atoms with E-state index >= 15 is 0 Å². The van der Waals surface area contributed by atoms with Gasteiger partial charge in [0.25, 0.3) is 5.91 Å². The fraction of sp³-hybridized carbons (Fsp3) is 0.357. The first-order valence-corrected chi connectivity index (χ1v) is 6.77. The number of anilines is 2. The third-order valence-corrected chi connectivity index (χ3v) is 3.03. The highest BCUT2D eigenvalue weighted by Crippen LogP contribution is 2.20. The minimum absolute atomic E-state index is 0.0474. The number of aryl methyl sites for hydroxylation is 1. The number of nitrogen functional groups attached to an aromatic ring is 1. The third-order valence-electron chi connectivity index (χ3n) is 3.03. The Kier molecular flexibility index (Phi) is 4.76. The van der Waals surface area contributed by atoms with E-state index in [1.807, 2.05) is 6.20 Å². The number of hydrogen-bond donors (Lipinski definition) is 2. The van der Waals surface area contributed by atoms with E-state index in [1.54, 1.807) is 48.1 Å². The number of hydrogen-bond acceptors (Lipinski definition) is 5. The summed E-state index contributed by atoms with van der Waals surface area (Å²) < 4.78 is 1.77. The molecule has 21 heavy (non-hydrogen) atoms. The molecule has 0 bridgehead atoms. The predicted octanol–water partition coefficient (Wildman–Crippen LogP) is 1.06. The number of carbonyl (C=O) groups excluding carboxylic acids is 1. The van der Waals surface area contributed by atoms with Crippen LogP contribution in [0.2, 0.25) is 0 Å². The van der Waals surface area contributed by atoms with Gasteiger partial charge in [-0.05, 0) is 24.6 Å². The second-order valence-corrected chi connectivity index (χ2v) is 4.95. The van der Waals surface area contributed by atoms with E-state index in [1.165, 1.54) is 0 Å². The van der Waals surface area contributed by atoms with Crippen molar-refractivity contribution in [3.8, 4) is 0 Å². The molecule has 0 saturated carbocycles. The normalized spacial score (nSPS) is 10.4. The van der Waals surface area contributed by atoms with Crippen molar-refractivity contribution in [1.82, 2.24) is 19.9 Å². The summed E-state index contributed by atoms with van der Waals surface area (Å²) in [6.07, 6.45) is 4.34. The summed E-state index contributed by atoms with van der Waals surface area (Å²) in [4.78, 5) is 13.7. The third kappa shape index (κ3) is 3.95. The van der Waals surface area contributed by atoms with Crippen molar-refractivity contribution in [3.05, 3.63) is 36.2 Å². The molecular formula is C14H20N6O. The molecule has 1 aromatic carbocycles. The Morgan fingerprint density at radius 1 is 1.43 bits per heavy atom. The van der Waals surface area contributed by atoms with E-state index in [4.69, 9.17) is 5.73 Å². The lowest BCUT2D eigenvalue weighted by Gasteiger charge is -2.16. The summed E-state index contributed by atoms with van der Waals surface area (Å²) in [5.41, 5.74) is 7.80. The zero-order valence-electron chi connectivity index (χ0n) is 12.3. The molecule has 3 N–H and O–H groups in total. The fourth-order valence-corrected chi connectivity index (χ4v) is 1.95. The molecule has 1 amide bonds. The summed E-state index contributed by atoms with van der Waals surface area (Å²) in [5, 5.41) is 10.9. The summed E-state index contributed by atoms with van der Waals surface area (Å²) in [7, 11) is 3.46. The van der Waals surface area contributed by atoms with E-state index in [0.29, 0.717) is 11.3 Å². The number of aromatic nitrogens is 3. The van der Waals surface area contributed by atoms with Crippen LogP contribution in [0, 0.1) is 0 Å². The van der Waals surface area contributed by atoms with Crippen molar-refractivity contribution in [2.24, 2.45) is 0 Å². The molecule has 0 spiro atoms. The number of nitrogens with zero attached hydrogens (tertiary/aromatic N) is 4. The van der Waals surface area contributed by atoms with Gasteiger partial charge in [-0.2, -0.15) is 0 Å². The van der Waals surface area contributed by atoms with E-state index in [-0.39, 0.29) is 5.91 Å². The fourth-order valence-electron chi connectivity index (χ4n) is 1.95. The van der Waals surface area contributed by atoms with Crippen LogP contribution < -0.4 is 11.1 Å². The average molecular weight is 288 g/mol. The lowest BCUT2D eigenvalue weighted by molar-refractivity contribution is 0.0828. The maximum atomic E-state index is 12.1. The largest absolute Gasteiger partial charge is 0.399 e. The molecule has 1 heterocycles.